The van der Waals surface area contributed by atoms with Crippen molar-refractivity contribution in [2.75, 3.05) is 6.54 Å². The highest BCUT2D eigenvalue weighted by Crippen LogP contribution is 2.57. The van der Waals surface area contributed by atoms with E-state index in [1.54, 1.807) is 0 Å². The summed E-state index contributed by atoms with van der Waals surface area (Å²) in [5.41, 5.74) is 6.28. The van der Waals surface area contributed by atoms with Crippen molar-refractivity contribution < 1.29 is 19.8 Å². The second kappa shape index (κ2) is 8.59. The van der Waals surface area contributed by atoms with Crippen molar-refractivity contribution in [3.05, 3.63) is 124 Å². The van der Waals surface area contributed by atoms with Gasteiger partial charge in [0, 0.05) is 6.54 Å². The first-order chi connectivity index (χ1) is 17.5. The van der Waals surface area contributed by atoms with E-state index in [1.807, 2.05) is 76.3 Å². The second-order valence-electron chi connectivity index (χ2n) is 9.12. The molecule has 0 spiro atoms. The zero-order chi connectivity index (χ0) is 24.9. The summed E-state index contributed by atoms with van der Waals surface area (Å²) < 4.78 is 0. The Balaban J connectivity index is 1.68. The fourth-order valence-electron chi connectivity index (χ4n) is 6.07. The molecular formula is C30H23NO4S. The molecule has 0 amide bonds. The number of carboxylic acid groups (broad SMARTS) is 2. The van der Waals surface area contributed by atoms with E-state index in [9.17, 15) is 19.8 Å². The van der Waals surface area contributed by atoms with Crippen LogP contribution < -0.4 is 0 Å². The van der Waals surface area contributed by atoms with Crippen LogP contribution >= 0.6 is 11.3 Å². The molecule has 0 saturated heterocycles. The fraction of sp³-hybridized carbons (Fsp3) is 0.133. The molecule has 0 unspecified atom stereocenters. The van der Waals surface area contributed by atoms with Gasteiger partial charge in [-0.05, 0) is 61.4 Å². The van der Waals surface area contributed by atoms with E-state index in [2.05, 4.69) is 24.3 Å². The largest absolute Gasteiger partial charge is 0.481 e. The summed E-state index contributed by atoms with van der Waals surface area (Å²) in [5, 5.41) is 24.3. The van der Waals surface area contributed by atoms with Crippen molar-refractivity contribution in [3.63, 3.8) is 0 Å². The SMILES string of the molecule is O=C(O)CC1=C(c2ccsc2)CN(C2(c3ccccc3)c3ccccc3-c3ccccc32)[C@@H]1C(=O)O. The number of carboxylic acids is 2. The molecule has 2 aliphatic rings. The zero-order valence-corrected chi connectivity index (χ0v) is 20.1. The first-order valence-electron chi connectivity index (χ1n) is 11.7. The van der Waals surface area contributed by atoms with E-state index in [4.69, 9.17) is 0 Å². The molecular weight excluding hydrogens is 470 g/mol. The van der Waals surface area contributed by atoms with Crippen molar-refractivity contribution in [1.29, 1.82) is 0 Å². The van der Waals surface area contributed by atoms with E-state index in [-0.39, 0.29) is 6.42 Å². The lowest BCUT2D eigenvalue weighted by atomic mass is 9.78. The minimum absolute atomic E-state index is 0.313. The van der Waals surface area contributed by atoms with Gasteiger partial charge in [-0.15, -0.1) is 0 Å². The molecule has 6 rings (SSSR count). The average Bonchev–Trinajstić information content (AvgIpc) is 3.60. The van der Waals surface area contributed by atoms with Gasteiger partial charge in [0.2, 0.25) is 0 Å². The third kappa shape index (κ3) is 3.19. The van der Waals surface area contributed by atoms with Crippen molar-refractivity contribution in [2.24, 2.45) is 0 Å². The lowest BCUT2D eigenvalue weighted by Crippen LogP contribution is -2.53. The van der Waals surface area contributed by atoms with E-state index < -0.39 is 23.5 Å². The molecule has 1 aliphatic carbocycles. The first kappa shape index (κ1) is 22.5. The molecule has 0 radical (unpaired) electrons. The second-order valence-corrected chi connectivity index (χ2v) is 9.90. The first-order valence-corrected chi connectivity index (χ1v) is 12.7. The van der Waals surface area contributed by atoms with Gasteiger partial charge in [-0.1, -0.05) is 78.9 Å². The Hall–Kier alpha value is -4.00. The molecule has 1 aromatic heterocycles. The minimum Gasteiger partial charge on any atom is -0.481 e. The van der Waals surface area contributed by atoms with Crippen molar-refractivity contribution in [3.8, 4) is 11.1 Å². The van der Waals surface area contributed by atoms with Gasteiger partial charge in [-0.2, -0.15) is 11.3 Å². The van der Waals surface area contributed by atoms with Crippen molar-refractivity contribution in [2.45, 2.75) is 18.0 Å². The molecule has 2 N–H and O–H groups in total. The Bertz CT molecular complexity index is 1460. The Kier molecular flexibility index (Phi) is 5.36. The predicted molar refractivity (Wildman–Crippen MR) is 140 cm³/mol. The molecule has 4 aromatic rings. The predicted octanol–water partition coefficient (Wildman–Crippen LogP) is 5.72. The van der Waals surface area contributed by atoms with Crippen LogP contribution in [-0.2, 0) is 15.1 Å². The van der Waals surface area contributed by atoms with Crippen LogP contribution in [0.2, 0.25) is 0 Å². The quantitative estimate of drug-likeness (QED) is 0.359. The van der Waals surface area contributed by atoms with Gasteiger partial charge in [0.15, 0.2) is 0 Å². The van der Waals surface area contributed by atoms with Crippen LogP contribution in [0, 0.1) is 0 Å². The Labute approximate surface area is 212 Å². The van der Waals surface area contributed by atoms with Crippen LogP contribution in [0.25, 0.3) is 16.7 Å². The van der Waals surface area contributed by atoms with Gasteiger partial charge >= 0.3 is 11.9 Å². The van der Waals surface area contributed by atoms with Crippen LogP contribution in [0.1, 0.15) is 28.7 Å². The molecule has 2 heterocycles. The summed E-state index contributed by atoms with van der Waals surface area (Å²) in [6.45, 7) is 0.313. The maximum Gasteiger partial charge on any atom is 0.325 e. The van der Waals surface area contributed by atoms with Crippen molar-refractivity contribution in [1.82, 2.24) is 4.90 Å². The normalized spacial score (nSPS) is 18.2. The van der Waals surface area contributed by atoms with Gasteiger partial charge < -0.3 is 10.2 Å². The summed E-state index contributed by atoms with van der Waals surface area (Å²) in [6.07, 6.45) is -0.327. The lowest BCUT2D eigenvalue weighted by molar-refractivity contribution is -0.142. The summed E-state index contributed by atoms with van der Waals surface area (Å²) in [5.74, 6) is -2.08. The standard InChI is InChI=1S/C30H23NO4S/c32-27(33)16-23-24(19-14-15-36-18-19)17-31(28(23)29(34)35)30(20-8-2-1-3-9-20)25-12-6-4-10-21(25)22-11-5-7-13-26(22)30/h1-15,18,28H,16-17H2,(H,32,33)(H,34,35)/t28-/m0/s1. The summed E-state index contributed by atoms with van der Waals surface area (Å²) in [6, 6.07) is 27.1. The number of aliphatic carboxylic acids is 2. The molecule has 0 bridgehead atoms. The molecule has 3 aromatic carbocycles. The zero-order valence-electron chi connectivity index (χ0n) is 19.3. The van der Waals surface area contributed by atoms with E-state index >= 15 is 0 Å². The van der Waals surface area contributed by atoms with Gasteiger partial charge in [-0.25, -0.2) is 0 Å². The molecule has 178 valence electrons. The molecule has 36 heavy (non-hydrogen) atoms. The number of thiophene rings is 1. The number of carbonyl (C=O) groups is 2. The Morgan fingerprint density at radius 3 is 2.03 bits per heavy atom. The van der Waals surface area contributed by atoms with Crippen LogP contribution in [0.4, 0.5) is 0 Å². The van der Waals surface area contributed by atoms with Crippen molar-refractivity contribution >= 4 is 28.8 Å². The minimum atomic E-state index is -1.10. The average molecular weight is 494 g/mol. The number of benzene rings is 3. The monoisotopic (exact) mass is 493 g/mol. The highest BCUT2D eigenvalue weighted by Gasteiger charge is 2.55. The highest BCUT2D eigenvalue weighted by atomic mass is 32.1. The number of hydrogen-bond acceptors (Lipinski definition) is 4. The molecule has 1 atom stereocenters. The smallest absolute Gasteiger partial charge is 0.325 e. The molecule has 0 saturated carbocycles. The molecule has 0 fully saturated rings. The molecule has 5 nitrogen and oxygen atoms in total. The maximum absolute atomic E-state index is 13.0. The van der Waals surface area contributed by atoms with Crippen LogP contribution in [-0.4, -0.2) is 39.6 Å². The molecule has 1 aliphatic heterocycles. The summed E-state index contributed by atoms with van der Waals surface area (Å²) >= 11 is 1.52. The number of rotatable bonds is 6. The summed E-state index contributed by atoms with van der Waals surface area (Å²) in [7, 11) is 0. The van der Waals surface area contributed by atoms with Gasteiger partial charge in [0.05, 0.1) is 12.0 Å². The van der Waals surface area contributed by atoms with Crippen LogP contribution in [0.15, 0.2) is 101 Å². The summed E-state index contributed by atoms with van der Waals surface area (Å²) in [4.78, 5) is 27.0. The third-order valence-electron chi connectivity index (χ3n) is 7.35. The van der Waals surface area contributed by atoms with Gasteiger partial charge in [0.1, 0.15) is 6.04 Å². The highest BCUT2D eigenvalue weighted by molar-refractivity contribution is 7.08. The topological polar surface area (TPSA) is 77.8 Å². The van der Waals surface area contributed by atoms with Crippen LogP contribution in [0.5, 0.6) is 0 Å². The van der Waals surface area contributed by atoms with Gasteiger partial charge in [0.25, 0.3) is 0 Å². The fourth-order valence-corrected chi connectivity index (χ4v) is 6.74. The number of fused-ring (bicyclic) bond motifs is 3. The van der Waals surface area contributed by atoms with E-state index in [0.717, 1.165) is 39.0 Å². The number of nitrogens with zero attached hydrogens (tertiary/aromatic N) is 1. The van der Waals surface area contributed by atoms with E-state index in [0.29, 0.717) is 12.1 Å². The Morgan fingerprint density at radius 2 is 1.47 bits per heavy atom. The number of hydrogen-bond donors (Lipinski definition) is 2. The van der Waals surface area contributed by atoms with E-state index in [1.165, 1.54) is 11.3 Å². The van der Waals surface area contributed by atoms with Gasteiger partial charge in [-0.3, -0.25) is 14.5 Å². The molecule has 6 heteroatoms. The lowest BCUT2D eigenvalue weighted by Gasteiger charge is -2.44. The van der Waals surface area contributed by atoms with Crippen LogP contribution in [0.3, 0.4) is 0 Å². The maximum atomic E-state index is 13.0. The Morgan fingerprint density at radius 1 is 0.861 bits per heavy atom. The third-order valence-corrected chi connectivity index (χ3v) is 8.03.